The molecule has 1 heterocycles. The Kier molecular flexibility index (Phi) is 4.60. The quantitative estimate of drug-likeness (QED) is 0.924. The maximum atomic E-state index is 11.6. The number of aliphatic carboxylic acids is 1. The smallest absolute Gasteiger partial charge is 0.325 e. The molecule has 2 atom stereocenters. The standard InChI is InChI=1S/C14H19BrN2O2/c1-10-9-17(7-6-16(10)2)13(14(18)19)11-4-3-5-12(15)8-11/h3-5,8,10,13H,6-7,9H2,1-2H3,(H,18,19). The van der Waals surface area contributed by atoms with Crippen LogP contribution in [0.3, 0.4) is 0 Å². The van der Waals surface area contributed by atoms with E-state index in [2.05, 4.69) is 39.7 Å². The van der Waals surface area contributed by atoms with E-state index < -0.39 is 12.0 Å². The monoisotopic (exact) mass is 326 g/mol. The fourth-order valence-electron chi connectivity index (χ4n) is 2.50. The minimum atomic E-state index is -0.783. The highest BCUT2D eigenvalue weighted by Crippen LogP contribution is 2.26. The number of nitrogens with zero attached hydrogens (tertiary/aromatic N) is 2. The molecule has 1 fully saturated rings. The van der Waals surface area contributed by atoms with Crippen molar-refractivity contribution in [1.82, 2.24) is 9.80 Å². The van der Waals surface area contributed by atoms with E-state index >= 15 is 0 Å². The Morgan fingerprint density at radius 2 is 2.21 bits per heavy atom. The number of benzene rings is 1. The topological polar surface area (TPSA) is 43.8 Å². The van der Waals surface area contributed by atoms with Gasteiger partial charge in [-0.1, -0.05) is 28.1 Å². The van der Waals surface area contributed by atoms with Gasteiger partial charge in [0.1, 0.15) is 6.04 Å². The van der Waals surface area contributed by atoms with E-state index in [1.54, 1.807) is 0 Å². The molecule has 0 aromatic heterocycles. The van der Waals surface area contributed by atoms with E-state index in [4.69, 9.17) is 0 Å². The minimum Gasteiger partial charge on any atom is -0.480 e. The van der Waals surface area contributed by atoms with Crippen molar-refractivity contribution in [3.63, 3.8) is 0 Å². The summed E-state index contributed by atoms with van der Waals surface area (Å²) in [6.07, 6.45) is 0. The van der Waals surface area contributed by atoms with Crippen LogP contribution in [0.1, 0.15) is 18.5 Å². The summed E-state index contributed by atoms with van der Waals surface area (Å²) in [4.78, 5) is 15.9. The molecule has 1 aliphatic heterocycles. The van der Waals surface area contributed by atoms with Crippen LogP contribution in [0.5, 0.6) is 0 Å². The lowest BCUT2D eigenvalue weighted by molar-refractivity contribution is -0.144. The van der Waals surface area contributed by atoms with Gasteiger partial charge < -0.3 is 10.0 Å². The summed E-state index contributed by atoms with van der Waals surface area (Å²) in [5, 5.41) is 9.55. The van der Waals surface area contributed by atoms with Crippen molar-refractivity contribution in [2.24, 2.45) is 0 Å². The normalized spacial score (nSPS) is 23.2. The first-order valence-electron chi connectivity index (χ1n) is 6.41. The lowest BCUT2D eigenvalue weighted by Crippen LogP contribution is -2.52. The predicted molar refractivity (Wildman–Crippen MR) is 78.2 cm³/mol. The second-order valence-corrected chi connectivity index (χ2v) is 6.04. The molecule has 1 aromatic rings. The van der Waals surface area contributed by atoms with Gasteiger partial charge in [0, 0.05) is 30.1 Å². The average Bonchev–Trinajstić information content (AvgIpc) is 2.33. The van der Waals surface area contributed by atoms with Gasteiger partial charge in [-0.25, -0.2) is 0 Å². The Balaban J connectivity index is 2.24. The molecule has 19 heavy (non-hydrogen) atoms. The van der Waals surface area contributed by atoms with Gasteiger partial charge >= 0.3 is 5.97 Å². The van der Waals surface area contributed by atoms with Crippen molar-refractivity contribution in [3.05, 3.63) is 34.3 Å². The van der Waals surface area contributed by atoms with Crippen LogP contribution in [0.15, 0.2) is 28.7 Å². The summed E-state index contributed by atoms with van der Waals surface area (Å²) in [5.41, 5.74) is 0.832. The Bertz CT molecular complexity index is 467. The first kappa shape index (κ1) is 14.5. The highest BCUT2D eigenvalue weighted by atomic mass is 79.9. The molecule has 1 N–H and O–H groups in total. The molecule has 0 aliphatic carbocycles. The van der Waals surface area contributed by atoms with Crippen molar-refractivity contribution >= 4 is 21.9 Å². The van der Waals surface area contributed by atoms with Crippen LogP contribution in [-0.4, -0.2) is 53.6 Å². The SMILES string of the molecule is CC1CN(C(C(=O)O)c2cccc(Br)c2)CCN1C. The molecule has 1 saturated heterocycles. The second kappa shape index (κ2) is 6.03. The third-order valence-electron chi connectivity index (χ3n) is 3.75. The molecule has 0 amide bonds. The Morgan fingerprint density at radius 3 is 2.79 bits per heavy atom. The Labute approximate surface area is 122 Å². The Morgan fingerprint density at radius 1 is 1.47 bits per heavy atom. The van der Waals surface area contributed by atoms with Crippen molar-refractivity contribution in [2.45, 2.75) is 19.0 Å². The molecule has 0 radical (unpaired) electrons. The third kappa shape index (κ3) is 3.35. The highest BCUT2D eigenvalue weighted by molar-refractivity contribution is 9.10. The lowest BCUT2D eigenvalue weighted by atomic mass is 10.0. The van der Waals surface area contributed by atoms with Gasteiger partial charge in [-0.3, -0.25) is 9.69 Å². The van der Waals surface area contributed by atoms with E-state index in [0.717, 1.165) is 29.7 Å². The molecule has 0 bridgehead atoms. The summed E-state index contributed by atoms with van der Waals surface area (Å²) < 4.78 is 0.915. The third-order valence-corrected chi connectivity index (χ3v) is 4.25. The summed E-state index contributed by atoms with van der Waals surface area (Å²) in [6, 6.07) is 7.38. The summed E-state index contributed by atoms with van der Waals surface area (Å²) in [5.74, 6) is -0.783. The van der Waals surface area contributed by atoms with Crippen LogP contribution in [0.25, 0.3) is 0 Å². The molecule has 4 nitrogen and oxygen atoms in total. The van der Waals surface area contributed by atoms with E-state index in [9.17, 15) is 9.90 Å². The van der Waals surface area contributed by atoms with Gasteiger partial charge in [-0.05, 0) is 31.7 Å². The average molecular weight is 327 g/mol. The lowest BCUT2D eigenvalue weighted by Gasteiger charge is -2.40. The largest absolute Gasteiger partial charge is 0.480 e. The zero-order valence-corrected chi connectivity index (χ0v) is 12.8. The van der Waals surface area contributed by atoms with E-state index in [0.29, 0.717) is 6.04 Å². The van der Waals surface area contributed by atoms with E-state index in [1.807, 2.05) is 24.3 Å². The number of carbonyl (C=O) groups is 1. The van der Waals surface area contributed by atoms with Crippen LogP contribution in [0.2, 0.25) is 0 Å². The zero-order valence-electron chi connectivity index (χ0n) is 11.2. The molecule has 2 rings (SSSR count). The molecule has 5 heteroatoms. The van der Waals surface area contributed by atoms with Crippen LogP contribution >= 0.6 is 15.9 Å². The number of rotatable bonds is 3. The first-order valence-corrected chi connectivity index (χ1v) is 7.21. The molecule has 1 aliphatic rings. The number of halogens is 1. The van der Waals surface area contributed by atoms with Gasteiger partial charge in [0.25, 0.3) is 0 Å². The van der Waals surface area contributed by atoms with Gasteiger partial charge in [-0.15, -0.1) is 0 Å². The fourth-order valence-corrected chi connectivity index (χ4v) is 2.91. The Hall–Kier alpha value is -0.910. The summed E-state index contributed by atoms with van der Waals surface area (Å²) in [7, 11) is 2.08. The van der Waals surface area contributed by atoms with E-state index in [1.165, 1.54) is 0 Å². The van der Waals surface area contributed by atoms with Crippen molar-refractivity contribution in [3.8, 4) is 0 Å². The molecular formula is C14H19BrN2O2. The van der Waals surface area contributed by atoms with Crippen molar-refractivity contribution in [2.75, 3.05) is 26.7 Å². The first-order chi connectivity index (χ1) is 8.99. The second-order valence-electron chi connectivity index (χ2n) is 5.12. The number of hydrogen-bond acceptors (Lipinski definition) is 3. The maximum absolute atomic E-state index is 11.6. The highest BCUT2D eigenvalue weighted by Gasteiger charge is 2.32. The van der Waals surface area contributed by atoms with Gasteiger partial charge in [0.15, 0.2) is 0 Å². The van der Waals surface area contributed by atoms with Gasteiger partial charge in [-0.2, -0.15) is 0 Å². The van der Waals surface area contributed by atoms with Crippen LogP contribution in [0.4, 0.5) is 0 Å². The van der Waals surface area contributed by atoms with Gasteiger partial charge in [0.05, 0.1) is 0 Å². The number of carboxylic acids is 1. The van der Waals surface area contributed by atoms with Crippen molar-refractivity contribution in [1.29, 1.82) is 0 Å². The summed E-state index contributed by atoms with van der Waals surface area (Å²) >= 11 is 3.41. The van der Waals surface area contributed by atoms with Crippen molar-refractivity contribution < 1.29 is 9.90 Å². The summed E-state index contributed by atoms with van der Waals surface area (Å²) in [6.45, 7) is 4.59. The number of piperazine rings is 1. The van der Waals surface area contributed by atoms with Gasteiger partial charge in [0.2, 0.25) is 0 Å². The minimum absolute atomic E-state index is 0.378. The fraction of sp³-hybridized carbons (Fsp3) is 0.500. The van der Waals surface area contributed by atoms with E-state index in [-0.39, 0.29) is 0 Å². The predicted octanol–water partition coefficient (Wildman–Crippen LogP) is 2.21. The molecule has 2 unspecified atom stereocenters. The van der Waals surface area contributed by atoms with Crippen LogP contribution in [0, 0.1) is 0 Å². The number of likely N-dealkylation sites (N-methyl/N-ethyl adjacent to an activating group) is 1. The van der Waals surface area contributed by atoms with Crippen LogP contribution in [-0.2, 0) is 4.79 Å². The molecular weight excluding hydrogens is 308 g/mol. The van der Waals surface area contributed by atoms with Crippen LogP contribution < -0.4 is 0 Å². The molecule has 0 spiro atoms. The molecule has 1 aromatic carbocycles. The molecule has 0 saturated carbocycles. The molecule has 104 valence electrons. The number of hydrogen-bond donors (Lipinski definition) is 1. The zero-order chi connectivity index (χ0) is 14.0. The maximum Gasteiger partial charge on any atom is 0.325 e. The number of carboxylic acid groups (broad SMARTS) is 1.